The summed E-state index contributed by atoms with van der Waals surface area (Å²) < 4.78 is 20.5. The quantitative estimate of drug-likeness (QED) is 0.351. The fourth-order valence-electron chi connectivity index (χ4n) is 3.52. The number of ether oxygens (including phenoxy) is 1. The number of aryl methyl sites for hydroxylation is 1. The Morgan fingerprint density at radius 1 is 1.11 bits per heavy atom. The van der Waals surface area contributed by atoms with Gasteiger partial charge in [-0.2, -0.15) is 9.78 Å². The molecule has 35 heavy (non-hydrogen) atoms. The van der Waals surface area contributed by atoms with Crippen LogP contribution in [0.4, 0.5) is 10.1 Å². The molecule has 3 aromatic heterocycles. The maximum absolute atomic E-state index is 13.5. The Morgan fingerprint density at radius 2 is 1.91 bits per heavy atom. The third-order valence-corrected chi connectivity index (χ3v) is 5.53. The molecule has 0 fully saturated rings. The number of hydrogen-bond donors (Lipinski definition) is 2. The Kier molecular flexibility index (Phi) is 5.76. The largest absolute Gasteiger partial charge is 0.457 e. The molecule has 0 aliphatic heterocycles. The molecule has 0 atom stereocenters. The molecule has 1 amide bonds. The van der Waals surface area contributed by atoms with Crippen LogP contribution in [0.25, 0.3) is 16.7 Å². The van der Waals surface area contributed by atoms with Gasteiger partial charge in [0.15, 0.2) is 5.69 Å². The van der Waals surface area contributed by atoms with E-state index >= 15 is 0 Å². The van der Waals surface area contributed by atoms with Crippen LogP contribution < -0.4 is 15.6 Å². The Bertz CT molecular complexity index is 1630. The molecular formula is C25H17ClFN5O3. The van der Waals surface area contributed by atoms with Gasteiger partial charge in [0.05, 0.1) is 16.1 Å². The van der Waals surface area contributed by atoms with Crippen molar-refractivity contribution in [1.29, 1.82) is 0 Å². The minimum Gasteiger partial charge on any atom is -0.457 e. The summed E-state index contributed by atoms with van der Waals surface area (Å²) in [5, 5.41) is 7.64. The molecule has 0 bridgehead atoms. The number of pyridine rings is 1. The highest BCUT2D eigenvalue weighted by Crippen LogP contribution is 2.29. The van der Waals surface area contributed by atoms with Gasteiger partial charge in [-0.3, -0.25) is 9.59 Å². The molecule has 5 aromatic rings. The number of carbonyl (C=O) groups excluding carboxylic acids is 1. The number of hydrogen-bond acceptors (Lipinski definition) is 5. The summed E-state index contributed by atoms with van der Waals surface area (Å²) in [7, 11) is 0. The van der Waals surface area contributed by atoms with E-state index in [9.17, 15) is 14.0 Å². The molecule has 0 saturated carbocycles. The first-order valence-corrected chi connectivity index (χ1v) is 10.8. The third-order valence-electron chi connectivity index (χ3n) is 5.25. The van der Waals surface area contributed by atoms with Crippen LogP contribution in [0.5, 0.6) is 11.5 Å². The van der Waals surface area contributed by atoms with Crippen molar-refractivity contribution in [2.75, 3.05) is 5.32 Å². The number of rotatable bonds is 5. The summed E-state index contributed by atoms with van der Waals surface area (Å²) in [4.78, 5) is 32.6. The lowest BCUT2D eigenvalue weighted by molar-refractivity contribution is 0.102. The average Bonchev–Trinajstić information content (AvgIpc) is 3.32. The SMILES string of the molecule is Cc1cc(=O)n(-c2ccc(F)c(Cl)c2)nc1C(=O)Nc1ccc(Oc2ccnc3[nH]ccc23)cc1. The second-order valence-corrected chi connectivity index (χ2v) is 8.06. The topological polar surface area (TPSA) is 102 Å². The van der Waals surface area contributed by atoms with Gasteiger partial charge in [-0.25, -0.2) is 9.37 Å². The normalized spacial score (nSPS) is 10.9. The molecule has 0 spiro atoms. The molecule has 0 unspecified atom stereocenters. The van der Waals surface area contributed by atoms with Crippen LogP contribution in [-0.4, -0.2) is 25.7 Å². The van der Waals surface area contributed by atoms with Gasteiger partial charge in [-0.1, -0.05) is 11.6 Å². The molecule has 0 aliphatic rings. The van der Waals surface area contributed by atoms with Crippen molar-refractivity contribution in [2.24, 2.45) is 0 Å². The molecule has 10 heteroatoms. The number of carbonyl (C=O) groups is 1. The maximum atomic E-state index is 13.5. The van der Waals surface area contributed by atoms with Crippen molar-refractivity contribution in [2.45, 2.75) is 6.92 Å². The zero-order chi connectivity index (χ0) is 24.5. The van der Waals surface area contributed by atoms with Gasteiger partial charge >= 0.3 is 0 Å². The zero-order valence-corrected chi connectivity index (χ0v) is 19.0. The number of halogens is 2. The van der Waals surface area contributed by atoms with E-state index in [1.807, 2.05) is 6.07 Å². The van der Waals surface area contributed by atoms with Crippen LogP contribution in [0.1, 0.15) is 16.1 Å². The Labute approximate surface area is 203 Å². The number of nitrogens with one attached hydrogen (secondary N) is 2. The lowest BCUT2D eigenvalue weighted by Crippen LogP contribution is -2.26. The number of benzene rings is 2. The predicted molar refractivity (Wildman–Crippen MR) is 130 cm³/mol. The highest BCUT2D eigenvalue weighted by molar-refractivity contribution is 6.30. The Morgan fingerprint density at radius 3 is 2.69 bits per heavy atom. The first-order chi connectivity index (χ1) is 16.9. The van der Waals surface area contributed by atoms with Crippen LogP contribution >= 0.6 is 11.6 Å². The summed E-state index contributed by atoms with van der Waals surface area (Å²) in [6.45, 7) is 1.61. The fraction of sp³-hybridized carbons (Fsp3) is 0.0400. The fourth-order valence-corrected chi connectivity index (χ4v) is 3.69. The van der Waals surface area contributed by atoms with Gasteiger partial charge in [-0.05, 0) is 67.1 Å². The monoisotopic (exact) mass is 489 g/mol. The van der Waals surface area contributed by atoms with Crippen LogP contribution in [0.3, 0.4) is 0 Å². The Balaban J connectivity index is 1.36. The van der Waals surface area contributed by atoms with Crippen LogP contribution in [-0.2, 0) is 0 Å². The van der Waals surface area contributed by atoms with Gasteiger partial charge in [0.1, 0.15) is 23.0 Å². The molecule has 3 heterocycles. The van der Waals surface area contributed by atoms with Crippen molar-refractivity contribution in [1.82, 2.24) is 19.7 Å². The molecule has 0 aliphatic carbocycles. The second-order valence-electron chi connectivity index (χ2n) is 7.65. The molecule has 5 rings (SSSR count). The van der Waals surface area contributed by atoms with Gasteiger partial charge in [0.2, 0.25) is 0 Å². The number of aromatic amines is 1. The average molecular weight is 490 g/mol. The molecule has 174 valence electrons. The van der Waals surface area contributed by atoms with Gasteiger partial charge in [-0.15, -0.1) is 0 Å². The van der Waals surface area contributed by atoms with E-state index in [1.54, 1.807) is 49.6 Å². The molecule has 8 nitrogen and oxygen atoms in total. The summed E-state index contributed by atoms with van der Waals surface area (Å²) in [6, 6.07) is 15.5. The molecule has 2 aromatic carbocycles. The lowest BCUT2D eigenvalue weighted by Gasteiger charge is -2.11. The van der Waals surface area contributed by atoms with Crippen molar-refractivity contribution >= 4 is 34.2 Å². The van der Waals surface area contributed by atoms with Gasteiger partial charge in [0, 0.05) is 24.1 Å². The van der Waals surface area contributed by atoms with E-state index < -0.39 is 17.3 Å². The van der Waals surface area contributed by atoms with E-state index in [0.717, 1.165) is 21.8 Å². The number of H-pyrrole nitrogens is 1. The number of nitrogens with zero attached hydrogens (tertiary/aromatic N) is 3. The third kappa shape index (κ3) is 4.49. The maximum Gasteiger partial charge on any atom is 0.276 e. The highest BCUT2D eigenvalue weighted by atomic mass is 35.5. The van der Waals surface area contributed by atoms with E-state index in [1.165, 1.54) is 18.2 Å². The summed E-state index contributed by atoms with van der Waals surface area (Å²) in [6.07, 6.45) is 3.43. The molecule has 2 N–H and O–H groups in total. The van der Waals surface area contributed by atoms with Crippen molar-refractivity contribution < 1.29 is 13.9 Å². The minimum absolute atomic E-state index is 0.0389. The first kappa shape index (κ1) is 22.3. The second kappa shape index (κ2) is 9.03. The van der Waals surface area contributed by atoms with Gasteiger partial charge < -0.3 is 15.0 Å². The molecule has 0 saturated heterocycles. The summed E-state index contributed by atoms with van der Waals surface area (Å²) >= 11 is 5.83. The first-order valence-electron chi connectivity index (χ1n) is 10.5. The number of fused-ring (bicyclic) bond motifs is 1. The Hall–Kier alpha value is -4.50. The zero-order valence-electron chi connectivity index (χ0n) is 18.3. The lowest BCUT2D eigenvalue weighted by atomic mass is 10.2. The molecular weight excluding hydrogens is 473 g/mol. The van der Waals surface area contributed by atoms with E-state index in [2.05, 4.69) is 20.4 Å². The van der Waals surface area contributed by atoms with Crippen molar-refractivity contribution in [3.8, 4) is 17.2 Å². The predicted octanol–water partition coefficient (Wildman–Crippen LogP) is 5.25. The molecule has 0 radical (unpaired) electrons. The summed E-state index contributed by atoms with van der Waals surface area (Å²) in [5.74, 6) is 0.0902. The van der Waals surface area contributed by atoms with Crippen molar-refractivity contribution in [3.63, 3.8) is 0 Å². The smallest absolute Gasteiger partial charge is 0.276 e. The van der Waals surface area contributed by atoms with E-state index in [-0.39, 0.29) is 16.4 Å². The highest BCUT2D eigenvalue weighted by Gasteiger charge is 2.16. The number of aromatic nitrogens is 4. The van der Waals surface area contributed by atoms with E-state index in [4.69, 9.17) is 16.3 Å². The summed E-state index contributed by atoms with van der Waals surface area (Å²) in [5.41, 5.74) is 1.42. The van der Waals surface area contributed by atoms with Crippen molar-refractivity contribution in [3.05, 3.63) is 106 Å². The standard InChI is InChI=1S/C25H17ClFN5O3/c1-14-12-22(33)32(16-4-7-20(27)19(26)13-16)31-23(14)25(34)30-15-2-5-17(6-3-15)35-21-9-11-29-24-18(21)8-10-28-24/h2-13H,1H3,(H,28,29)(H,30,34). The number of anilines is 1. The van der Waals surface area contributed by atoms with Gasteiger partial charge in [0.25, 0.3) is 11.5 Å². The number of amides is 1. The van der Waals surface area contributed by atoms with Crippen LogP contribution in [0, 0.1) is 12.7 Å². The minimum atomic E-state index is -0.623. The van der Waals surface area contributed by atoms with Crippen LogP contribution in [0.15, 0.2) is 77.9 Å². The van der Waals surface area contributed by atoms with E-state index in [0.29, 0.717) is 22.7 Å². The van der Waals surface area contributed by atoms with Crippen LogP contribution in [0.2, 0.25) is 5.02 Å².